The van der Waals surface area contributed by atoms with E-state index in [9.17, 15) is 9.59 Å². The van der Waals surface area contributed by atoms with Crippen LogP contribution < -0.4 is 10.6 Å². The number of hydrogen-bond acceptors (Lipinski definition) is 3. The Hall–Kier alpha value is -2.82. The summed E-state index contributed by atoms with van der Waals surface area (Å²) in [5.74, 6) is -0.240. The highest BCUT2D eigenvalue weighted by molar-refractivity contribution is 5.95. The molecule has 5 heteroatoms. The van der Waals surface area contributed by atoms with E-state index >= 15 is 0 Å². The molecule has 0 saturated heterocycles. The molecule has 0 aliphatic heterocycles. The van der Waals surface area contributed by atoms with Crippen molar-refractivity contribution in [1.29, 1.82) is 0 Å². The van der Waals surface area contributed by atoms with Crippen LogP contribution in [0.5, 0.6) is 0 Å². The van der Waals surface area contributed by atoms with Gasteiger partial charge in [-0.05, 0) is 50.5 Å². The normalized spacial score (nSPS) is 12.1. The number of carbonyl (C=O) groups is 2. The van der Waals surface area contributed by atoms with Gasteiger partial charge in [-0.25, -0.2) is 4.79 Å². The molecule has 0 aliphatic carbocycles. The molecule has 0 aliphatic rings. The average Bonchev–Trinajstić information content (AvgIpc) is 2.60. The van der Waals surface area contributed by atoms with Crippen LogP contribution >= 0.6 is 0 Å². The zero-order valence-corrected chi connectivity index (χ0v) is 16.4. The van der Waals surface area contributed by atoms with Crippen molar-refractivity contribution in [2.45, 2.75) is 52.2 Å². The Morgan fingerprint density at radius 2 is 1.74 bits per heavy atom. The number of benzene rings is 2. The molecular weight excluding hydrogens is 340 g/mol. The maximum Gasteiger partial charge on any atom is 0.407 e. The molecule has 1 unspecified atom stereocenters. The van der Waals surface area contributed by atoms with E-state index in [4.69, 9.17) is 4.74 Å². The minimum Gasteiger partial charge on any atom is -0.444 e. The van der Waals surface area contributed by atoms with Crippen LogP contribution in [0.3, 0.4) is 0 Å². The van der Waals surface area contributed by atoms with Crippen LogP contribution in [0.2, 0.25) is 0 Å². The quantitative estimate of drug-likeness (QED) is 0.766. The van der Waals surface area contributed by atoms with Crippen molar-refractivity contribution >= 4 is 17.7 Å². The van der Waals surface area contributed by atoms with E-state index in [-0.39, 0.29) is 11.8 Å². The van der Waals surface area contributed by atoms with Gasteiger partial charge in [-0.15, -0.1) is 0 Å². The monoisotopic (exact) mass is 368 g/mol. The molecule has 2 N–H and O–H groups in total. The highest BCUT2D eigenvalue weighted by Gasteiger charge is 2.19. The molecule has 2 rings (SSSR count). The molecule has 5 nitrogen and oxygen atoms in total. The Bertz CT molecular complexity index is 767. The van der Waals surface area contributed by atoms with Crippen molar-refractivity contribution in [2.24, 2.45) is 0 Å². The Morgan fingerprint density at radius 1 is 1.04 bits per heavy atom. The number of carbonyl (C=O) groups excluding carboxylic acids is 2. The molecule has 0 saturated carbocycles. The molecule has 0 aromatic heterocycles. The zero-order chi connectivity index (χ0) is 19.9. The Labute approximate surface area is 161 Å². The second-order valence-electron chi connectivity index (χ2n) is 7.42. The minimum atomic E-state index is -0.535. The molecular formula is C22H28N2O3. The van der Waals surface area contributed by atoms with E-state index in [0.717, 1.165) is 17.5 Å². The van der Waals surface area contributed by atoms with E-state index < -0.39 is 11.7 Å². The van der Waals surface area contributed by atoms with Gasteiger partial charge >= 0.3 is 6.09 Å². The van der Waals surface area contributed by atoms with E-state index in [1.54, 1.807) is 0 Å². The Balaban J connectivity index is 1.98. The van der Waals surface area contributed by atoms with Crippen LogP contribution in [0.1, 0.15) is 51.2 Å². The first kappa shape index (κ1) is 20.5. The lowest BCUT2D eigenvalue weighted by Crippen LogP contribution is -2.32. The number of hydrogen-bond donors (Lipinski definition) is 2. The molecule has 2 aromatic carbocycles. The molecule has 0 bridgehead atoms. The summed E-state index contributed by atoms with van der Waals surface area (Å²) in [6.45, 7) is 7.78. The maximum atomic E-state index is 12.7. The van der Waals surface area contributed by atoms with Gasteiger partial charge in [-0.1, -0.05) is 49.4 Å². The summed E-state index contributed by atoms with van der Waals surface area (Å²) in [6, 6.07) is 17.2. The van der Waals surface area contributed by atoms with E-state index in [2.05, 4.69) is 10.6 Å². The first-order chi connectivity index (χ1) is 12.8. The van der Waals surface area contributed by atoms with Gasteiger partial charge in [0.05, 0.1) is 5.92 Å². The summed E-state index contributed by atoms with van der Waals surface area (Å²) in [7, 11) is 0. The van der Waals surface area contributed by atoms with Crippen LogP contribution in [0.15, 0.2) is 54.6 Å². The number of alkyl carbamates (subject to hydrolysis) is 1. The van der Waals surface area contributed by atoms with Crippen LogP contribution in [0.4, 0.5) is 10.5 Å². The third-order valence-electron chi connectivity index (χ3n) is 3.96. The van der Waals surface area contributed by atoms with Crippen molar-refractivity contribution in [3.63, 3.8) is 0 Å². The SMILES string of the molecule is CCC(C(=O)Nc1cccc(CNC(=O)OC(C)(C)C)c1)c1ccccc1. The van der Waals surface area contributed by atoms with Crippen LogP contribution in [-0.4, -0.2) is 17.6 Å². The predicted molar refractivity (Wildman–Crippen MR) is 108 cm³/mol. The molecule has 27 heavy (non-hydrogen) atoms. The van der Waals surface area contributed by atoms with Crippen molar-refractivity contribution in [3.05, 3.63) is 65.7 Å². The first-order valence-corrected chi connectivity index (χ1v) is 9.20. The van der Waals surface area contributed by atoms with Crippen LogP contribution in [-0.2, 0) is 16.1 Å². The number of ether oxygens (including phenoxy) is 1. The summed E-state index contributed by atoms with van der Waals surface area (Å²) >= 11 is 0. The van der Waals surface area contributed by atoms with Gasteiger partial charge in [0.1, 0.15) is 5.60 Å². The van der Waals surface area contributed by atoms with Crippen molar-refractivity contribution in [2.75, 3.05) is 5.32 Å². The van der Waals surface area contributed by atoms with E-state index in [0.29, 0.717) is 12.2 Å². The van der Waals surface area contributed by atoms with Crippen LogP contribution in [0, 0.1) is 0 Å². The second kappa shape index (κ2) is 9.21. The third-order valence-corrected chi connectivity index (χ3v) is 3.96. The third kappa shape index (κ3) is 6.77. The number of nitrogens with one attached hydrogen (secondary N) is 2. The number of rotatable bonds is 6. The Kier molecular flexibility index (Phi) is 6.99. The van der Waals surface area contributed by atoms with Crippen molar-refractivity contribution in [3.8, 4) is 0 Å². The lowest BCUT2D eigenvalue weighted by atomic mass is 9.95. The smallest absolute Gasteiger partial charge is 0.407 e. The topological polar surface area (TPSA) is 67.4 Å². The second-order valence-corrected chi connectivity index (χ2v) is 7.42. The summed E-state index contributed by atoms with van der Waals surface area (Å²) in [5.41, 5.74) is 2.05. The van der Waals surface area contributed by atoms with E-state index in [1.807, 2.05) is 82.3 Å². The molecule has 144 valence electrons. The average molecular weight is 368 g/mol. The highest BCUT2D eigenvalue weighted by atomic mass is 16.6. The van der Waals surface area contributed by atoms with E-state index in [1.165, 1.54) is 0 Å². The summed E-state index contributed by atoms with van der Waals surface area (Å²) in [5, 5.41) is 5.70. The van der Waals surface area contributed by atoms with Crippen molar-refractivity contribution < 1.29 is 14.3 Å². The molecule has 0 spiro atoms. The van der Waals surface area contributed by atoms with Gasteiger partial charge in [0.15, 0.2) is 0 Å². The molecule has 1 atom stereocenters. The lowest BCUT2D eigenvalue weighted by molar-refractivity contribution is -0.117. The fourth-order valence-electron chi connectivity index (χ4n) is 2.73. The zero-order valence-electron chi connectivity index (χ0n) is 16.4. The standard InChI is InChI=1S/C22H28N2O3/c1-5-19(17-11-7-6-8-12-17)20(25)24-18-13-9-10-16(14-18)15-23-21(26)27-22(2,3)4/h6-14,19H,5,15H2,1-4H3,(H,23,26)(H,24,25). The molecule has 0 fully saturated rings. The van der Waals surface area contributed by atoms with Gasteiger partial charge in [-0.2, -0.15) is 0 Å². The van der Waals surface area contributed by atoms with Crippen molar-refractivity contribution in [1.82, 2.24) is 5.32 Å². The van der Waals surface area contributed by atoms with Gasteiger partial charge in [-0.3, -0.25) is 4.79 Å². The fourth-order valence-corrected chi connectivity index (χ4v) is 2.73. The summed E-state index contributed by atoms with van der Waals surface area (Å²) in [6.07, 6.45) is 0.252. The number of amides is 2. The molecule has 0 radical (unpaired) electrons. The predicted octanol–water partition coefficient (Wildman–Crippen LogP) is 4.84. The lowest BCUT2D eigenvalue weighted by Gasteiger charge is -2.20. The fraction of sp³-hybridized carbons (Fsp3) is 0.364. The molecule has 0 heterocycles. The van der Waals surface area contributed by atoms with Gasteiger partial charge in [0.25, 0.3) is 0 Å². The minimum absolute atomic E-state index is 0.0408. The van der Waals surface area contributed by atoms with Gasteiger partial charge in [0.2, 0.25) is 5.91 Å². The maximum absolute atomic E-state index is 12.7. The molecule has 2 aromatic rings. The van der Waals surface area contributed by atoms with Gasteiger partial charge in [0, 0.05) is 12.2 Å². The summed E-state index contributed by atoms with van der Waals surface area (Å²) < 4.78 is 5.23. The number of anilines is 1. The summed E-state index contributed by atoms with van der Waals surface area (Å²) in [4.78, 5) is 24.5. The highest BCUT2D eigenvalue weighted by Crippen LogP contribution is 2.22. The largest absolute Gasteiger partial charge is 0.444 e. The molecule has 2 amide bonds. The van der Waals surface area contributed by atoms with Gasteiger partial charge < -0.3 is 15.4 Å². The first-order valence-electron chi connectivity index (χ1n) is 9.20. The van der Waals surface area contributed by atoms with Crippen LogP contribution in [0.25, 0.3) is 0 Å². The Morgan fingerprint density at radius 3 is 2.37 bits per heavy atom.